The third-order valence-electron chi connectivity index (χ3n) is 4.15. The van der Waals surface area contributed by atoms with E-state index in [-0.39, 0.29) is 12.6 Å². The van der Waals surface area contributed by atoms with Gasteiger partial charge in [-0.25, -0.2) is 9.78 Å². The molecule has 0 fully saturated rings. The summed E-state index contributed by atoms with van der Waals surface area (Å²) >= 11 is 1.55. The van der Waals surface area contributed by atoms with Gasteiger partial charge in [0.1, 0.15) is 11.6 Å². The molecule has 27 heavy (non-hydrogen) atoms. The van der Waals surface area contributed by atoms with E-state index in [0.29, 0.717) is 5.56 Å². The average molecular weight is 371 g/mol. The highest BCUT2D eigenvalue weighted by atomic mass is 32.1. The lowest BCUT2D eigenvalue weighted by molar-refractivity contribution is 0.0468. The second-order valence-corrected chi connectivity index (χ2v) is 6.89. The van der Waals surface area contributed by atoms with Gasteiger partial charge in [-0.15, -0.1) is 11.3 Å². The molecule has 0 amide bonds. The van der Waals surface area contributed by atoms with Gasteiger partial charge in [0.05, 0.1) is 11.3 Å². The lowest BCUT2D eigenvalue weighted by atomic mass is 10.0. The molecule has 4 heteroatoms. The van der Waals surface area contributed by atoms with Crippen LogP contribution in [-0.2, 0) is 11.3 Å². The smallest absolute Gasteiger partial charge is 0.338 e. The highest BCUT2D eigenvalue weighted by Gasteiger charge is 2.10. The fourth-order valence-corrected chi connectivity index (χ4v) is 3.55. The summed E-state index contributed by atoms with van der Waals surface area (Å²) in [5.41, 5.74) is 4.55. The van der Waals surface area contributed by atoms with E-state index in [1.54, 1.807) is 23.5 Å². The fourth-order valence-electron chi connectivity index (χ4n) is 2.74. The molecule has 0 unspecified atom stereocenters. The first kappa shape index (κ1) is 17.2. The summed E-state index contributed by atoms with van der Waals surface area (Å²) in [6.07, 6.45) is 0. The minimum absolute atomic E-state index is 0.169. The van der Waals surface area contributed by atoms with Gasteiger partial charge >= 0.3 is 5.97 Å². The summed E-state index contributed by atoms with van der Waals surface area (Å²) in [5, 5.41) is 2.85. The third kappa shape index (κ3) is 4.13. The van der Waals surface area contributed by atoms with Gasteiger partial charge in [-0.1, -0.05) is 72.8 Å². The highest BCUT2D eigenvalue weighted by molar-refractivity contribution is 7.13. The number of esters is 1. The molecule has 3 aromatic carbocycles. The van der Waals surface area contributed by atoms with Crippen LogP contribution in [0.15, 0.2) is 90.3 Å². The van der Waals surface area contributed by atoms with Gasteiger partial charge in [0, 0.05) is 10.9 Å². The average Bonchev–Trinajstić information content (AvgIpc) is 3.22. The van der Waals surface area contributed by atoms with Crippen molar-refractivity contribution in [2.75, 3.05) is 0 Å². The van der Waals surface area contributed by atoms with Crippen LogP contribution in [0, 0.1) is 0 Å². The van der Waals surface area contributed by atoms with Gasteiger partial charge in [0.25, 0.3) is 0 Å². The van der Waals surface area contributed by atoms with E-state index in [1.807, 2.05) is 78.2 Å². The number of hydrogen-bond acceptors (Lipinski definition) is 4. The van der Waals surface area contributed by atoms with E-state index in [9.17, 15) is 4.79 Å². The van der Waals surface area contributed by atoms with Crippen molar-refractivity contribution in [2.45, 2.75) is 6.61 Å². The molecule has 0 saturated heterocycles. The molecule has 0 saturated carbocycles. The second-order valence-electron chi connectivity index (χ2n) is 6.03. The number of hydrogen-bond donors (Lipinski definition) is 0. The Morgan fingerprint density at radius 1 is 0.778 bits per heavy atom. The Labute approximate surface area is 161 Å². The zero-order valence-corrected chi connectivity index (χ0v) is 15.4. The SMILES string of the molecule is O=C(OCc1csc(-c2ccccc2)n1)c1ccc(-c2ccccc2)cc1. The lowest BCUT2D eigenvalue weighted by Gasteiger charge is -2.05. The topological polar surface area (TPSA) is 39.2 Å². The van der Waals surface area contributed by atoms with Crippen molar-refractivity contribution in [2.24, 2.45) is 0 Å². The van der Waals surface area contributed by atoms with Crippen LogP contribution in [0.2, 0.25) is 0 Å². The van der Waals surface area contributed by atoms with E-state index in [1.165, 1.54) is 0 Å². The van der Waals surface area contributed by atoms with E-state index < -0.39 is 0 Å². The number of rotatable bonds is 5. The first-order valence-electron chi connectivity index (χ1n) is 8.62. The molecule has 4 aromatic rings. The Hall–Kier alpha value is -3.24. The quantitative estimate of drug-likeness (QED) is 0.414. The zero-order chi connectivity index (χ0) is 18.5. The maximum Gasteiger partial charge on any atom is 0.338 e. The first-order valence-corrected chi connectivity index (χ1v) is 9.50. The van der Waals surface area contributed by atoms with Crippen molar-refractivity contribution in [3.05, 3.63) is 102 Å². The predicted octanol–water partition coefficient (Wildman–Crippen LogP) is 5.83. The van der Waals surface area contributed by atoms with Crippen molar-refractivity contribution in [3.63, 3.8) is 0 Å². The van der Waals surface area contributed by atoms with Crippen LogP contribution in [0.1, 0.15) is 16.1 Å². The van der Waals surface area contributed by atoms with Crippen LogP contribution in [0.25, 0.3) is 21.7 Å². The molecule has 0 aliphatic carbocycles. The van der Waals surface area contributed by atoms with Crippen molar-refractivity contribution in [1.29, 1.82) is 0 Å². The molecular formula is C23H17NO2S. The summed E-state index contributed by atoms with van der Waals surface area (Å²) in [4.78, 5) is 16.8. The predicted molar refractivity (Wildman–Crippen MR) is 109 cm³/mol. The van der Waals surface area contributed by atoms with Gasteiger partial charge < -0.3 is 4.74 Å². The van der Waals surface area contributed by atoms with Crippen LogP contribution >= 0.6 is 11.3 Å². The number of carbonyl (C=O) groups is 1. The number of carbonyl (C=O) groups excluding carboxylic acids is 1. The molecular weight excluding hydrogens is 354 g/mol. The number of ether oxygens (including phenoxy) is 1. The molecule has 3 nitrogen and oxygen atoms in total. The second kappa shape index (κ2) is 7.98. The summed E-state index contributed by atoms with van der Waals surface area (Å²) in [7, 11) is 0. The third-order valence-corrected chi connectivity index (χ3v) is 5.09. The Kier molecular flexibility index (Phi) is 5.08. The van der Waals surface area contributed by atoms with E-state index in [4.69, 9.17) is 4.74 Å². The Morgan fingerprint density at radius 2 is 1.37 bits per heavy atom. The molecule has 132 valence electrons. The van der Waals surface area contributed by atoms with E-state index >= 15 is 0 Å². The molecule has 1 heterocycles. The standard InChI is InChI=1S/C23H17NO2S/c25-23(20-13-11-18(12-14-20)17-7-3-1-4-8-17)26-15-21-16-27-22(24-21)19-9-5-2-6-10-19/h1-14,16H,15H2. The fraction of sp³-hybridized carbons (Fsp3) is 0.0435. The molecule has 0 spiro atoms. The van der Waals surface area contributed by atoms with E-state index in [0.717, 1.165) is 27.4 Å². The molecule has 0 aliphatic rings. The molecule has 0 bridgehead atoms. The Bertz CT molecular complexity index is 1020. The van der Waals surface area contributed by atoms with Crippen LogP contribution in [0.5, 0.6) is 0 Å². The lowest BCUT2D eigenvalue weighted by Crippen LogP contribution is -2.05. The normalized spacial score (nSPS) is 10.5. The maximum absolute atomic E-state index is 12.3. The largest absolute Gasteiger partial charge is 0.456 e. The van der Waals surface area contributed by atoms with Gasteiger partial charge in [0.2, 0.25) is 0 Å². The number of benzene rings is 3. The molecule has 4 rings (SSSR count). The Morgan fingerprint density at radius 3 is 2.04 bits per heavy atom. The van der Waals surface area contributed by atoms with Crippen LogP contribution in [-0.4, -0.2) is 11.0 Å². The van der Waals surface area contributed by atoms with Gasteiger partial charge in [-0.05, 0) is 23.3 Å². The molecule has 0 aliphatic heterocycles. The van der Waals surface area contributed by atoms with Crippen molar-refractivity contribution in [1.82, 2.24) is 4.98 Å². The van der Waals surface area contributed by atoms with Crippen molar-refractivity contribution in [3.8, 4) is 21.7 Å². The minimum atomic E-state index is -0.344. The van der Waals surface area contributed by atoms with Crippen molar-refractivity contribution < 1.29 is 9.53 Å². The molecule has 0 N–H and O–H groups in total. The van der Waals surface area contributed by atoms with Gasteiger partial charge in [-0.2, -0.15) is 0 Å². The summed E-state index contributed by atoms with van der Waals surface area (Å²) < 4.78 is 5.41. The maximum atomic E-state index is 12.3. The monoisotopic (exact) mass is 371 g/mol. The van der Waals surface area contributed by atoms with Crippen LogP contribution in [0.4, 0.5) is 0 Å². The summed E-state index contributed by atoms with van der Waals surface area (Å²) in [6, 6.07) is 27.5. The zero-order valence-electron chi connectivity index (χ0n) is 14.5. The van der Waals surface area contributed by atoms with E-state index in [2.05, 4.69) is 4.98 Å². The van der Waals surface area contributed by atoms with Crippen molar-refractivity contribution >= 4 is 17.3 Å². The van der Waals surface area contributed by atoms with Gasteiger partial charge in [0.15, 0.2) is 0 Å². The first-order chi connectivity index (χ1) is 13.3. The summed E-state index contributed by atoms with van der Waals surface area (Å²) in [5.74, 6) is -0.344. The Balaban J connectivity index is 1.39. The molecule has 0 atom stereocenters. The minimum Gasteiger partial charge on any atom is -0.456 e. The number of nitrogens with zero attached hydrogens (tertiary/aromatic N) is 1. The highest BCUT2D eigenvalue weighted by Crippen LogP contribution is 2.24. The molecule has 1 aromatic heterocycles. The number of thiazole rings is 1. The van der Waals surface area contributed by atoms with Crippen LogP contribution < -0.4 is 0 Å². The molecule has 0 radical (unpaired) electrons. The van der Waals surface area contributed by atoms with Gasteiger partial charge in [-0.3, -0.25) is 0 Å². The summed E-state index contributed by atoms with van der Waals surface area (Å²) in [6.45, 7) is 0.169. The number of aromatic nitrogens is 1. The van der Waals surface area contributed by atoms with Crippen LogP contribution in [0.3, 0.4) is 0 Å².